The minimum atomic E-state index is -3.84. The first-order chi connectivity index (χ1) is 19.0. The van der Waals surface area contributed by atoms with Crippen molar-refractivity contribution in [3.05, 3.63) is 77.2 Å². The van der Waals surface area contributed by atoms with Gasteiger partial charge in [-0.3, -0.25) is 9.59 Å². The van der Waals surface area contributed by atoms with Gasteiger partial charge in [-0.1, -0.05) is 51.6 Å². The maximum absolute atomic E-state index is 13.5. The van der Waals surface area contributed by atoms with Crippen molar-refractivity contribution in [2.75, 3.05) is 40.3 Å². The third-order valence-corrected chi connectivity index (χ3v) is 9.97. The molecule has 3 rings (SSSR count). The van der Waals surface area contributed by atoms with Crippen LogP contribution in [0.2, 0.25) is 0 Å². The van der Waals surface area contributed by atoms with Crippen LogP contribution in [0.5, 0.6) is 0 Å². The van der Waals surface area contributed by atoms with Gasteiger partial charge in [0, 0.05) is 51.2 Å². The first kappa shape index (κ1) is 32.5. The van der Waals surface area contributed by atoms with E-state index in [0.717, 1.165) is 16.5 Å². The fourth-order valence-electron chi connectivity index (χ4n) is 4.41. The van der Waals surface area contributed by atoms with Gasteiger partial charge in [-0.25, -0.2) is 21.6 Å². The van der Waals surface area contributed by atoms with Crippen molar-refractivity contribution < 1.29 is 26.4 Å². The lowest BCUT2D eigenvalue weighted by Gasteiger charge is -2.25. The zero-order chi connectivity index (χ0) is 30.6. The number of benzene rings is 2. The lowest BCUT2D eigenvalue weighted by Crippen LogP contribution is -2.40. The molecular formula is C29H40N4O6S2. The SMILES string of the molecule is C=CS(=O)(=O)NC[C@H]1CCN(S(=O)(=O)c2ccc(C(=O)N(CC(=O)N(C)C)Cc3ccc(C(C)(C)C)cc3)cc2)C1. The molecule has 2 aromatic carbocycles. The summed E-state index contributed by atoms with van der Waals surface area (Å²) in [5.74, 6) is -0.789. The Morgan fingerprint density at radius 3 is 2.17 bits per heavy atom. The van der Waals surface area contributed by atoms with Gasteiger partial charge in [-0.2, -0.15) is 4.31 Å². The van der Waals surface area contributed by atoms with E-state index < -0.39 is 20.0 Å². The van der Waals surface area contributed by atoms with Crippen molar-refractivity contribution in [2.45, 2.75) is 44.0 Å². The maximum atomic E-state index is 13.5. The van der Waals surface area contributed by atoms with Crippen molar-refractivity contribution >= 4 is 31.9 Å². The van der Waals surface area contributed by atoms with E-state index in [2.05, 4.69) is 32.1 Å². The molecule has 0 bridgehead atoms. The monoisotopic (exact) mass is 604 g/mol. The molecular weight excluding hydrogens is 564 g/mol. The zero-order valence-electron chi connectivity index (χ0n) is 24.3. The molecule has 0 unspecified atom stereocenters. The van der Waals surface area contributed by atoms with Crippen LogP contribution in [0.4, 0.5) is 0 Å². The Hall–Kier alpha value is -3.06. The predicted octanol–water partition coefficient (Wildman–Crippen LogP) is 2.79. The molecule has 0 aliphatic carbocycles. The first-order valence-corrected chi connectivity index (χ1v) is 16.3. The maximum Gasteiger partial charge on any atom is 0.254 e. The molecule has 0 spiro atoms. The highest BCUT2D eigenvalue weighted by molar-refractivity contribution is 7.92. The minimum absolute atomic E-state index is 0.0178. The van der Waals surface area contributed by atoms with E-state index in [1.54, 1.807) is 14.1 Å². The number of amides is 2. The molecule has 1 aliphatic rings. The average molecular weight is 605 g/mol. The number of carbonyl (C=O) groups is 2. The third kappa shape index (κ3) is 8.48. The van der Waals surface area contributed by atoms with Crippen LogP contribution in [-0.4, -0.2) is 83.0 Å². The van der Waals surface area contributed by atoms with Gasteiger partial charge >= 0.3 is 0 Å². The Kier molecular flexibility index (Phi) is 10.2. The van der Waals surface area contributed by atoms with Gasteiger partial charge in [0.1, 0.15) is 6.54 Å². The van der Waals surface area contributed by atoms with Crippen molar-refractivity contribution in [3.8, 4) is 0 Å². The topological polar surface area (TPSA) is 124 Å². The van der Waals surface area contributed by atoms with Gasteiger partial charge in [0.2, 0.25) is 26.0 Å². The second-order valence-corrected chi connectivity index (χ2v) is 15.1. The summed E-state index contributed by atoms with van der Waals surface area (Å²) in [6, 6.07) is 13.6. The van der Waals surface area contributed by atoms with Crippen LogP contribution in [0.3, 0.4) is 0 Å². The Bertz CT molecular complexity index is 1460. The summed E-state index contributed by atoms with van der Waals surface area (Å²) in [5.41, 5.74) is 2.27. The molecule has 1 heterocycles. The van der Waals surface area contributed by atoms with E-state index in [1.807, 2.05) is 24.3 Å². The third-order valence-electron chi connectivity index (χ3n) is 7.09. The summed E-state index contributed by atoms with van der Waals surface area (Å²) in [5, 5.41) is 0.819. The summed E-state index contributed by atoms with van der Waals surface area (Å²) in [6.45, 7) is 10.3. The van der Waals surface area contributed by atoms with E-state index in [4.69, 9.17) is 0 Å². The molecule has 1 atom stereocenters. The molecule has 1 aliphatic heterocycles. The lowest BCUT2D eigenvalue weighted by molar-refractivity contribution is -0.129. The molecule has 2 amide bonds. The first-order valence-electron chi connectivity index (χ1n) is 13.3. The zero-order valence-corrected chi connectivity index (χ0v) is 26.0. The summed E-state index contributed by atoms with van der Waals surface area (Å²) in [6.07, 6.45) is 0.515. The quantitative estimate of drug-likeness (QED) is 0.421. The normalized spacial score (nSPS) is 16.4. The average Bonchev–Trinajstić information content (AvgIpc) is 3.41. The second kappa shape index (κ2) is 12.8. The number of hydrogen-bond donors (Lipinski definition) is 1. The number of sulfonamides is 2. The Balaban J connectivity index is 1.75. The molecule has 1 saturated heterocycles. The van der Waals surface area contributed by atoms with E-state index in [1.165, 1.54) is 38.4 Å². The smallest absolute Gasteiger partial charge is 0.254 e. The van der Waals surface area contributed by atoms with Gasteiger partial charge < -0.3 is 9.80 Å². The van der Waals surface area contributed by atoms with Gasteiger partial charge in [0.05, 0.1) is 4.90 Å². The number of carbonyl (C=O) groups excluding carboxylic acids is 2. The molecule has 0 saturated carbocycles. The molecule has 10 nitrogen and oxygen atoms in total. The number of likely N-dealkylation sites (N-methyl/N-ethyl adjacent to an activating group) is 1. The van der Waals surface area contributed by atoms with Crippen LogP contribution in [0, 0.1) is 5.92 Å². The van der Waals surface area contributed by atoms with Crippen LogP contribution in [0.25, 0.3) is 0 Å². The van der Waals surface area contributed by atoms with Gasteiger partial charge in [0.25, 0.3) is 5.91 Å². The highest BCUT2D eigenvalue weighted by atomic mass is 32.2. The molecule has 12 heteroatoms. The summed E-state index contributed by atoms with van der Waals surface area (Å²) in [4.78, 5) is 29.0. The van der Waals surface area contributed by atoms with Crippen LogP contribution < -0.4 is 4.72 Å². The number of nitrogens with zero attached hydrogens (tertiary/aromatic N) is 3. The Morgan fingerprint density at radius 2 is 1.63 bits per heavy atom. The molecule has 1 N–H and O–H groups in total. The van der Waals surface area contributed by atoms with Crippen LogP contribution in [-0.2, 0) is 36.8 Å². The number of hydrogen-bond acceptors (Lipinski definition) is 6. The van der Waals surface area contributed by atoms with E-state index in [-0.39, 0.29) is 66.3 Å². The fourth-order valence-corrected chi connectivity index (χ4v) is 6.53. The van der Waals surface area contributed by atoms with Gasteiger partial charge in [0.15, 0.2) is 0 Å². The van der Waals surface area contributed by atoms with Gasteiger partial charge in [-0.05, 0) is 53.1 Å². The van der Waals surface area contributed by atoms with Crippen molar-refractivity contribution in [1.29, 1.82) is 0 Å². The molecule has 41 heavy (non-hydrogen) atoms. The molecule has 1 fully saturated rings. The highest BCUT2D eigenvalue weighted by Gasteiger charge is 2.33. The molecule has 0 aromatic heterocycles. The number of nitrogens with one attached hydrogen (secondary N) is 1. The van der Waals surface area contributed by atoms with E-state index in [9.17, 15) is 26.4 Å². The van der Waals surface area contributed by atoms with Crippen molar-refractivity contribution in [2.24, 2.45) is 5.92 Å². The number of rotatable bonds is 11. The lowest BCUT2D eigenvalue weighted by atomic mass is 9.87. The standard InChI is InChI=1S/C29H40N4O6S2/c1-7-40(36,37)30-18-23-16-17-33(20-23)41(38,39)26-14-10-24(11-15-26)28(35)32(21-27(34)31(5)6)19-22-8-12-25(13-9-22)29(2,3)4/h7-15,23,30H,1,16-21H2,2-6H3/t23-/m1/s1. The summed E-state index contributed by atoms with van der Waals surface area (Å²) >= 11 is 0. The molecule has 224 valence electrons. The van der Waals surface area contributed by atoms with Crippen molar-refractivity contribution in [3.63, 3.8) is 0 Å². The second-order valence-electron chi connectivity index (χ2n) is 11.5. The minimum Gasteiger partial charge on any atom is -0.347 e. The summed E-state index contributed by atoms with van der Waals surface area (Å²) < 4.78 is 53.4. The molecule has 2 aromatic rings. The molecule has 0 radical (unpaired) electrons. The van der Waals surface area contributed by atoms with Crippen LogP contribution in [0.1, 0.15) is 48.7 Å². The van der Waals surface area contributed by atoms with E-state index in [0.29, 0.717) is 6.42 Å². The largest absolute Gasteiger partial charge is 0.347 e. The summed E-state index contributed by atoms with van der Waals surface area (Å²) in [7, 11) is -4.17. The van der Waals surface area contributed by atoms with Crippen LogP contribution >= 0.6 is 0 Å². The Morgan fingerprint density at radius 1 is 1.02 bits per heavy atom. The van der Waals surface area contributed by atoms with Crippen molar-refractivity contribution in [1.82, 2.24) is 18.8 Å². The highest BCUT2D eigenvalue weighted by Crippen LogP contribution is 2.26. The predicted molar refractivity (Wildman–Crippen MR) is 159 cm³/mol. The van der Waals surface area contributed by atoms with Crippen LogP contribution in [0.15, 0.2) is 65.4 Å². The van der Waals surface area contributed by atoms with Gasteiger partial charge in [-0.15, -0.1) is 0 Å². The Labute approximate surface area is 244 Å². The fraction of sp³-hybridized carbons (Fsp3) is 0.448. The van der Waals surface area contributed by atoms with E-state index >= 15 is 0 Å².